The van der Waals surface area contributed by atoms with Crippen LogP contribution in [0.3, 0.4) is 0 Å². The molecule has 30 heavy (non-hydrogen) atoms. The largest absolute Gasteiger partial charge is 0.353 e. The van der Waals surface area contributed by atoms with Crippen molar-refractivity contribution in [2.45, 2.75) is 10.1 Å². The summed E-state index contributed by atoms with van der Waals surface area (Å²) in [5.74, 6) is 1.02. The van der Waals surface area contributed by atoms with Crippen LogP contribution in [0, 0.1) is 0 Å². The summed E-state index contributed by atoms with van der Waals surface area (Å²) in [6, 6.07) is 14.2. The van der Waals surface area contributed by atoms with Crippen LogP contribution < -0.4 is 10.6 Å². The van der Waals surface area contributed by atoms with Crippen molar-refractivity contribution in [2.24, 2.45) is 0 Å². The Kier molecular flexibility index (Phi) is 6.90. The molecule has 7 nitrogen and oxygen atoms in total. The molecular formula is C20H21N7S3. The lowest BCUT2D eigenvalue weighted by Gasteiger charge is -2.11. The summed E-state index contributed by atoms with van der Waals surface area (Å²) in [5, 5.41) is 9.96. The van der Waals surface area contributed by atoms with Crippen LogP contribution in [-0.2, 0) is 0 Å². The topological polar surface area (TPSA) is 78.9 Å². The second-order valence-corrected chi connectivity index (χ2v) is 9.56. The van der Waals surface area contributed by atoms with Crippen molar-refractivity contribution in [3.63, 3.8) is 0 Å². The van der Waals surface area contributed by atoms with E-state index in [2.05, 4.69) is 46.9 Å². The molecule has 0 spiro atoms. The van der Waals surface area contributed by atoms with Gasteiger partial charge in [-0.15, -0.1) is 11.3 Å². The van der Waals surface area contributed by atoms with E-state index in [1.54, 1.807) is 22.7 Å². The van der Waals surface area contributed by atoms with Crippen molar-refractivity contribution in [3.8, 4) is 9.75 Å². The monoisotopic (exact) mass is 455 g/mol. The van der Waals surface area contributed by atoms with Gasteiger partial charge in [0.2, 0.25) is 11.9 Å². The normalized spacial score (nSPS) is 11.0. The molecule has 0 radical (unpaired) electrons. The first-order chi connectivity index (χ1) is 14.7. The maximum Gasteiger partial charge on any atom is 0.234 e. The quantitative estimate of drug-likeness (QED) is 0.368. The average Bonchev–Trinajstić information content (AvgIpc) is 3.40. The van der Waals surface area contributed by atoms with E-state index in [9.17, 15) is 0 Å². The molecule has 0 aliphatic heterocycles. The van der Waals surface area contributed by atoms with E-state index in [1.807, 2.05) is 56.7 Å². The van der Waals surface area contributed by atoms with Crippen molar-refractivity contribution in [3.05, 3.63) is 54.0 Å². The Hall–Kier alpha value is -2.53. The number of thiophene rings is 1. The van der Waals surface area contributed by atoms with Crippen LogP contribution in [0.15, 0.2) is 64.1 Å². The smallest absolute Gasteiger partial charge is 0.234 e. The molecule has 2 N–H and O–H groups in total. The van der Waals surface area contributed by atoms with E-state index in [1.165, 1.54) is 16.6 Å². The van der Waals surface area contributed by atoms with Crippen LogP contribution in [0.1, 0.15) is 0 Å². The minimum atomic E-state index is 0.475. The molecule has 0 aliphatic carbocycles. The minimum Gasteiger partial charge on any atom is -0.353 e. The minimum absolute atomic E-state index is 0.475. The average molecular weight is 456 g/mol. The van der Waals surface area contributed by atoms with Crippen molar-refractivity contribution < 1.29 is 0 Å². The molecule has 4 rings (SSSR count). The number of benzene rings is 1. The second-order valence-electron chi connectivity index (χ2n) is 6.54. The molecular weight excluding hydrogens is 434 g/mol. The van der Waals surface area contributed by atoms with Crippen molar-refractivity contribution in [2.75, 3.05) is 37.8 Å². The fraction of sp³-hybridized carbons (Fsp3) is 0.200. The number of nitrogens with zero attached hydrogens (tertiary/aromatic N) is 5. The number of rotatable bonds is 9. The molecule has 4 aromatic rings. The van der Waals surface area contributed by atoms with Crippen molar-refractivity contribution >= 4 is 51.5 Å². The number of nitrogens with one attached hydrogen (secondary N) is 2. The molecule has 154 valence electrons. The van der Waals surface area contributed by atoms with Gasteiger partial charge in [0, 0.05) is 29.1 Å². The third kappa shape index (κ3) is 5.76. The van der Waals surface area contributed by atoms with Crippen molar-refractivity contribution in [1.82, 2.24) is 24.8 Å². The first kappa shape index (κ1) is 20.7. The lowest BCUT2D eigenvalue weighted by molar-refractivity contribution is 0.425. The maximum absolute atomic E-state index is 4.59. The summed E-state index contributed by atoms with van der Waals surface area (Å²) in [6.45, 7) is 1.62. The zero-order valence-electron chi connectivity index (χ0n) is 16.6. The van der Waals surface area contributed by atoms with Gasteiger partial charge in [0.15, 0.2) is 10.3 Å². The Balaban J connectivity index is 1.55. The van der Waals surface area contributed by atoms with E-state index in [0.717, 1.165) is 28.0 Å². The molecule has 0 fully saturated rings. The molecule has 0 aliphatic rings. The zero-order chi connectivity index (χ0) is 20.8. The van der Waals surface area contributed by atoms with Crippen LogP contribution >= 0.6 is 34.4 Å². The number of anilines is 3. The molecule has 1 aromatic carbocycles. The van der Waals surface area contributed by atoms with E-state index < -0.39 is 0 Å². The number of hydrogen-bond donors (Lipinski definition) is 2. The van der Waals surface area contributed by atoms with Gasteiger partial charge in [-0.25, -0.2) is 4.98 Å². The lowest BCUT2D eigenvalue weighted by Crippen LogP contribution is -2.21. The number of hydrogen-bond acceptors (Lipinski definition) is 10. The maximum atomic E-state index is 4.59. The van der Waals surface area contributed by atoms with Gasteiger partial charge in [0.25, 0.3) is 0 Å². The predicted octanol–water partition coefficient (Wildman–Crippen LogP) is 4.92. The fourth-order valence-corrected chi connectivity index (χ4v) is 4.88. The second kappa shape index (κ2) is 9.98. The lowest BCUT2D eigenvalue weighted by atomic mass is 10.4. The number of aromatic nitrogens is 4. The van der Waals surface area contributed by atoms with Gasteiger partial charge in [0.1, 0.15) is 0 Å². The first-order valence-corrected chi connectivity index (χ1v) is 11.8. The molecule has 3 aromatic heterocycles. The van der Waals surface area contributed by atoms with Gasteiger partial charge in [-0.2, -0.15) is 15.0 Å². The van der Waals surface area contributed by atoms with Crippen molar-refractivity contribution in [1.29, 1.82) is 0 Å². The highest BCUT2D eigenvalue weighted by atomic mass is 32.2. The molecule has 0 amide bonds. The van der Waals surface area contributed by atoms with Crippen LogP contribution in [0.5, 0.6) is 0 Å². The molecule has 3 heterocycles. The third-order valence-electron chi connectivity index (χ3n) is 3.90. The van der Waals surface area contributed by atoms with Gasteiger partial charge >= 0.3 is 0 Å². The Bertz CT molecular complexity index is 1070. The Morgan fingerprint density at radius 2 is 1.80 bits per heavy atom. The Labute approximate surface area is 187 Å². The Morgan fingerprint density at radius 1 is 0.967 bits per heavy atom. The van der Waals surface area contributed by atoms with E-state index >= 15 is 0 Å². The van der Waals surface area contributed by atoms with E-state index in [0.29, 0.717) is 17.1 Å². The van der Waals surface area contributed by atoms with E-state index in [-0.39, 0.29) is 0 Å². The Morgan fingerprint density at radius 3 is 2.57 bits per heavy atom. The number of likely N-dealkylation sites (N-methyl/N-ethyl adjacent to an activating group) is 1. The predicted molar refractivity (Wildman–Crippen MR) is 126 cm³/mol. The first-order valence-electron chi connectivity index (χ1n) is 9.30. The van der Waals surface area contributed by atoms with Gasteiger partial charge in [-0.3, -0.25) is 5.32 Å². The summed E-state index contributed by atoms with van der Waals surface area (Å²) < 4.78 is 0. The van der Waals surface area contributed by atoms with Gasteiger partial charge < -0.3 is 10.2 Å². The fourth-order valence-electron chi connectivity index (χ4n) is 2.48. The van der Waals surface area contributed by atoms with Gasteiger partial charge in [0.05, 0.1) is 4.88 Å². The van der Waals surface area contributed by atoms with Gasteiger partial charge in [-0.05, 0) is 49.4 Å². The summed E-state index contributed by atoms with van der Waals surface area (Å²) in [7, 11) is 4.07. The molecule has 0 unspecified atom stereocenters. The van der Waals surface area contributed by atoms with Crippen LogP contribution in [0.2, 0.25) is 0 Å². The van der Waals surface area contributed by atoms with Crippen LogP contribution in [0.4, 0.5) is 17.0 Å². The third-order valence-corrected chi connectivity index (χ3v) is 6.75. The zero-order valence-corrected chi connectivity index (χ0v) is 19.0. The highest BCUT2D eigenvalue weighted by molar-refractivity contribution is 7.99. The highest BCUT2D eigenvalue weighted by Crippen LogP contribution is 2.33. The molecule has 0 atom stereocenters. The molecule has 0 bridgehead atoms. The molecule has 0 saturated heterocycles. The molecule has 10 heteroatoms. The summed E-state index contributed by atoms with van der Waals surface area (Å²) in [5.41, 5.74) is 0. The van der Waals surface area contributed by atoms with Gasteiger partial charge in [-0.1, -0.05) is 35.6 Å². The standard InChI is InChI=1S/C20H21N7S3/c1-27(2)11-10-21-17-23-18(26-20(24-17)29-14-7-4-3-5-8-14)25-19-22-13-16(30-19)15-9-6-12-28-15/h3-9,12-13H,10-11H2,1-2H3,(H2,21,22,23,24,25,26). The summed E-state index contributed by atoms with van der Waals surface area (Å²) >= 11 is 4.78. The van der Waals surface area contributed by atoms with Crippen LogP contribution in [0.25, 0.3) is 9.75 Å². The number of thiazole rings is 1. The van der Waals surface area contributed by atoms with E-state index in [4.69, 9.17) is 0 Å². The van der Waals surface area contributed by atoms with Crippen LogP contribution in [-0.4, -0.2) is 52.0 Å². The highest BCUT2D eigenvalue weighted by Gasteiger charge is 2.11. The molecule has 0 saturated carbocycles. The summed E-state index contributed by atoms with van der Waals surface area (Å²) in [6.07, 6.45) is 1.87. The summed E-state index contributed by atoms with van der Waals surface area (Å²) in [4.78, 5) is 23.7. The SMILES string of the molecule is CN(C)CCNc1nc(Nc2ncc(-c3cccs3)s2)nc(Sc2ccccc2)n1.